The van der Waals surface area contributed by atoms with E-state index in [-0.39, 0.29) is 12.0 Å². The molecule has 0 aliphatic carbocycles. The van der Waals surface area contributed by atoms with Gasteiger partial charge in [0.05, 0.1) is 6.10 Å². The Labute approximate surface area is 106 Å². The van der Waals surface area contributed by atoms with Crippen LogP contribution in [0.2, 0.25) is 0 Å². The molecule has 18 heavy (non-hydrogen) atoms. The number of hydrogen-bond acceptors (Lipinski definition) is 2. The number of amides is 1. The van der Waals surface area contributed by atoms with Gasteiger partial charge >= 0.3 is 0 Å². The molecule has 1 N–H and O–H groups in total. The third kappa shape index (κ3) is 1.97. The van der Waals surface area contributed by atoms with Crippen molar-refractivity contribution < 1.29 is 9.90 Å². The van der Waals surface area contributed by atoms with Crippen LogP contribution >= 0.6 is 0 Å². The molecule has 2 aromatic rings. The zero-order chi connectivity index (χ0) is 12.5. The average molecular weight is 241 g/mol. The molecule has 0 spiro atoms. The topological polar surface area (TPSA) is 40.5 Å². The van der Waals surface area contributed by atoms with Crippen LogP contribution in [0.5, 0.6) is 0 Å². The molecule has 1 atom stereocenters. The quantitative estimate of drug-likeness (QED) is 0.830. The first-order valence-electron chi connectivity index (χ1n) is 6.20. The summed E-state index contributed by atoms with van der Waals surface area (Å²) < 4.78 is 0. The Kier molecular flexibility index (Phi) is 2.76. The summed E-state index contributed by atoms with van der Waals surface area (Å²) >= 11 is 0. The average Bonchev–Trinajstić information content (AvgIpc) is 2.84. The van der Waals surface area contributed by atoms with Gasteiger partial charge in [-0.3, -0.25) is 4.79 Å². The highest BCUT2D eigenvalue weighted by Gasteiger charge is 2.25. The van der Waals surface area contributed by atoms with E-state index in [9.17, 15) is 9.90 Å². The van der Waals surface area contributed by atoms with Gasteiger partial charge in [0.2, 0.25) is 0 Å². The first-order valence-corrected chi connectivity index (χ1v) is 6.20. The van der Waals surface area contributed by atoms with Gasteiger partial charge in [-0.05, 0) is 29.3 Å². The second kappa shape index (κ2) is 4.42. The van der Waals surface area contributed by atoms with Gasteiger partial charge in [0.1, 0.15) is 0 Å². The number of aliphatic hydroxyl groups is 1. The minimum Gasteiger partial charge on any atom is -0.391 e. The largest absolute Gasteiger partial charge is 0.391 e. The lowest BCUT2D eigenvalue weighted by molar-refractivity contribution is 0.0765. The Morgan fingerprint density at radius 2 is 1.94 bits per heavy atom. The van der Waals surface area contributed by atoms with Crippen LogP contribution in [0.1, 0.15) is 16.8 Å². The van der Waals surface area contributed by atoms with Crippen molar-refractivity contribution in [2.75, 3.05) is 13.1 Å². The molecule has 1 fully saturated rings. The third-order valence-corrected chi connectivity index (χ3v) is 3.45. The number of carbonyl (C=O) groups is 1. The summed E-state index contributed by atoms with van der Waals surface area (Å²) in [5.74, 6) is 0.0114. The molecule has 1 amide bonds. The molecular weight excluding hydrogens is 226 g/mol. The Bertz CT molecular complexity index is 594. The minimum atomic E-state index is -0.366. The molecule has 92 valence electrons. The predicted molar refractivity (Wildman–Crippen MR) is 70.5 cm³/mol. The third-order valence-electron chi connectivity index (χ3n) is 3.45. The maximum absolute atomic E-state index is 12.3. The van der Waals surface area contributed by atoms with Crippen LogP contribution in [0.4, 0.5) is 0 Å². The number of carbonyl (C=O) groups excluding carboxylic acids is 1. The number of aliphatic hydroxyl groups excluding tert-OH is 1. The number of β-amino-alcohol motifs (C(OH)–C–C–N with tert-alkyl or cyclic N) is 1. The zero-order valence-corrected chi connectivity index (χ0v) is 10.0. The van der Waals surface area contributed by atoms with Gasteiger partial charge < -0.3 is 10.0 Å². The highest BCUT2D eigenvalue weighted by Crippen LogP contribution is 2.19. The van der Waals surface area contributed by atoms with Gasteiger partial charge in [0.25, 0.3) is 5.91 Å². The van der Waals surface area contributed by atoms with Crippen LogP contribution in [0.3, 0.4) is 0 Å². The van der Waals surface area contributed by atoms with Gasteiger partial charge in [-0.25, -0.2) is 0 Å². The summed E-state index contributed by atoms with van der Waals surface area (Å²) in [4.78, 5) is 14.0. The fraction of sp³-hybridized carbons (Fsp3) is 0.267. The summed E-state index contributed by atoms with van der Waals surface area (Å²) in [5, 5.41) is 11.7. The fourth-order valence-electron chi connectivity index (χ4n) is 2.43. The highest BCUT2D eigenvalue weighted by molar-refractivity contribution is 5.98. The lowest BCUT2D eigenvalue weighted by Crippen LogP contribution is -2.29. The SMILES string of the molecule is O=C(c1ccc2ccccc2c1)N1CC[C@H](O)C1. The molecule has 0 saturated carbocycles. The minimum absolute atomic E-state index is 0.0114. The van der Waals surface area contributed by atoms with Gasteiger partial charge in [0, 0.05) is 18.7 Å². The van der Waals surface area contributed by atoms with E-state index < -0.39 is 0 Å². The first-order chi connectivity index (χ1) is 8.74. The molecule has 3 nitrogen and oxygen atoms in total. The smallest absolute Gasteiger partial charge is 0.253 e. The molecule has 3 heteroatoms. The Morgan fingerprint density at radius 1 is 1.17 bits per heavy atom. The lowest BCUT2D eigenvalue weighted by Gasteiger charge is -2.15. The van der Waals surface area contributed by atoms with E-state index in [0.717, 1.165) is 10.8 Å². The number of benzene rings is 2. The monoisotopic (exact) mass is 241 g/mol. The molecule has 0 bridgehead atoms. The number of hydrogen-bond donors (Lipinski definition) is 1. The van der Waals surface area contributed by atoms with Crippen LogP contribution in [-0.2, 0) is 0 Å². The van der Waals surface area contributed by atoms with Gasteiger partial charge in [0.15, 0.2) is 0 Å². The number of rotatable bonds is 1. The summed E-state index contributed by atoms with van der Waals surface area (Å²) in [6, 6.07) is 13.7. The van der Waals surface area contributed by atoms with Crippen LogP contribution in [0, 0.1) is 0 Å². The summed E-state index contributed by atoms with van der Waals surface area (Å²) in [6.45, 7) is 1.10. The summed E-state index contributed by atoms with van der Waals surface area (Å²) in [6.07, 6.45) is 0.314. The van der Waals surface area contributed by atoms with Crippen molar-refractivity contribution in [3.63, 3.8) is 0 Å². The van der Waals surface area contributed by atoms with Crippen LogP contribution in [-0.4, -0.2) is 35.1 Å². The van der Waals surface area contributed by atoms with Crippen molar-refractivity contribution in [1.82, 2.24) is 4.90 Å². The van der Waals surface area contributed by atoms with Crippen molar-refractivity contribution in [2.45, 2.75) is 12.5 Å². The maximum Gasteiger partial charge on any atom is 0.253 e. The van der Waals surface area contributed by atoms with Crippen molar-refractivity contribution in [3.8, 4) is 0 Å². The van der Waals surface area contributed by atoms with Crippen LogP contribution < -0.4 is 0 Å². The number of likely N-dealkylation sites (tertiary alicyclic amines) is 1. The summed E-state index contributed by atoms with van der Waals surface area (Å²) in [5.41, 5.74) is 0.697. The normalized spacial score (nSPS) is 19.4. The zero-order valence-electron chi connectivity index (χ0n) is 10.0. The highest BCUT2D eigenvalue weighted by atomic mass is 16.3. The van der Waals surface area contributed by atoms with E-state index in [2.05, 4.69) is 0 Å². The molecule has 1 saturated heterocycles. The Hall–Kier alpha value is -1.87. The van der Waals surface area contributed by atoms with Crippen LogP contribution in [0.25, 0.3) is 10.8 Å². The second-order valence-corrected chi connectivity index (χ2v) is 4.76. The standard InChI is InChI=1S/C15H15NO2/c17-14-7-8-16(10-14)15(18)13-6-5-11-3-1-2-4-12(11)9-13/h1-6,9,14,17H,7-8,10H2/t14-/m0/s1. The maximum atomic E-state index is 12.3. The van der Waals surface area contributed by atoms with E-state index in [1.807, 2.05) is 42.5 Å². The van der Waals surface area contributed by atoms with E-state index in [1.165, 1.54) is 0 Å². The molecule has 3 rings (SSSR count). The summed E-state index contributed by atoms with van der Waals surface area (Å²) in [7, 11) is 0. The number of fused-ring (bicyclic) bond motifs is 1. The van der Waals surface area contributed by atoms with Crippen molar-refractivity contribution in [2.24, 2.45) is 0 Å². The molecule has 0 radical (unpaired) electrons. The molecule has 0 aromatic heterocycles. The molecule has 1 aliphatic heterocycles. The Morgan fingerprint density at radius 3 is 2.67 bits per heavy atom. The first kappa shape index (κ1) is 11.2. The van der Waals surface area contributed by atoms with E-state index >= 15 is 0 Å². The van der Waals surface area contributed by atoms with E-state index in [4.69, 9.17) is 0 Å². The molecular formula is C15H15NO2. The molecule has 2 aromatic carbocycles. The lowest BCUT2D eigenvalue weighted by atomic mass is 10.1. The predicted octanol–water partition coefficient (Wildman–Crippen LogP) is 2.05. The fourth-order valence-corrected chi connectivity index (χ4v) is 2.43. The van der Waals surface area contributed by atoms with Gasteiger partial charge in [-0.15, -0.1) is 0 Å². The van der Waals surface area contributed by atoms with E-state index in [0.29, 0.717) is 25.1 Å². The van der Waals surface area contributed by atoms with Gasteiger partial charge in [-0.2, -0.15) is 0 Å². The second-order valence-electron chi connectivity index (χ2n) is 4.76. The van der Waals surface area contributed by atoms with Crippen molar-refractivity contribution in [1.29, 1.82) is 0 Å². The molecule has 1 heterocycles. The number of nitrogens with zero attached hydrogens (tertiary/aromatic N) is 1. The van der Waals surface area contributed by atoms with E-state index in [1.54, 1.807) is 4.90 Å². The molecule has 0 unspecified atom stereocenters. The molecule has 1 aliphatic rings. The van der Waals surface area contributed by atoms with Crippen LogP contribution in [0.15, 0.2) is 42.5 Å². The van der Waals surface area contributed by atoms with Crippen molar-refractivity contribution >= 4 is 16.7 Å². The van der Waals surface area contributed by atoms with Gasteiger partial charge in [-0.1, -0.05) is 30.3 Å². The van der Waals surface area contributed by atoms with Crippen molar-refractivity contribution in [3.05, 3.63) is 48.0 Å². The Balaban J connectivity index is 1.92.